The Morgan fingerprint density at radius 2 is 1.69 bits per heavy atom. The molecule has 0 spiro atoms. The van der Waals surface area contributed by atoms with Gasteiger partial charge in [-0.1, -0.05) is 39.7 Å². The molecule has 1 aliphatic heterocycles. The molecule has 0 atom stereocenters. The fourth-order valence-corrected chi connectivity index (χ4v) is 4.38. The lowest BCUT2D eigenvalue weighted by Gasteiger charge is -2.35. The van der Waals surface area contributed by atoms with Gasteiger partial charge in [-0.15, -0.1) is 0 Å². The summed E-state index contributed by atoms with van der Waals surface area (Å²) in [5.74, 6) is 0.753. The predicted molar refractivity (Wildman–Crippen MR) is 119 cm³/mol. The summed E-state index contributed by atoms with van der Waals surface area (Å²) >= 11 is 3.48. The van der Waals surface area contributed by atoms with Crippen molar-refractivity contribution in [2.45, 2.75) is 17.1 Å². The summed E-state index contributed by atoms with van der Waals surface area (Å²) < 4.78 is 35.7. The maximum absolute atomic E-state index is 12.3. The molecule has 2 aromatic carbocycles. The normalized spacial score (nSPS) is 15.5. The average Bonchev–Trinajstić information content (AvgIpc) is 2.72. The summed E-state index contributed by atoms with van der Waals surface area (Å²) in [6.45, 7) is 5.87. The number of hydrogen-bond acceptors (Lipinski definition) is 6. The molecule has 0 unspecified atom stereocenters. The van der Waals surface area contributed by atoms with Crippen LogP contribution in [0.4, 0.5) is 5.69 Å². The zero-order valence-electron chi connectivity index (χ0n) is 16.8. The first-order chi connectivity index (χ1) is 13.9. The highest BCUT2D eigenvalue weighted by atomic mass is 79.9. The SMILES string of the molecule is Cc1ccc(S(=O)(=O)OCCOc2cc(CBr)ccc2N2CCN(C)CC2)cc1. The standard InChI is InChI=1S/C21H27BrN2O4S/c1-17-3-6-19(7-4-17)29(25,26)28-14-13-27-21-15-18(16-22)5-8-20(21)24-11-9-23(2)10-12-24/h3-8,15H,9-14,16H2,1-2H3. The van der Waals surface area contributed by atoms with E-state index in [0.29, 0.717) is 0 Å². The van der Waals surface area contributed by atoms with Crippen LogP contribution in [0.25, 0.3) is 0 Å². The molecule has 8 heteroatoms. The van der Waals surface area contributed by atoms with Gasteiger partial charge in [0, 0.05) is 31.5 Å². The van der Waals surface area contributed by atoms with E-state index in [1.54, 1.807) is 24.3 Å². The van der Waals surface area contributed by atoms with E-state index in [0.717, 1.165) is 54.1 Å². The van der Waals surface area contributed by atoms with Gasteiger partial charge in [0.15, 0.2) is 0 Å². The topological polar surface area (TPSA) is 59.1 Å². The summed E-state index contributed by atoms with van der Waals surface area (Å²) in [4.78, 5) is 4.76. The van der Waals surface area contributed by atoms with Crippen molar-refractivity contribution in [3.8, 4) is 5.75 Å². The Balaban J connectivity index is 1.62. The minimum absolute atomic E-state index is 0.0447. The van der Waals surface area contributed by atoms with E-state index in [-0.39, 0.29) is 18.1 Å². The Morgan fingerprint density at radius 3 is 2.34 bits per heavy atom. The van der Waals surface area contributed by atoms with Crippen LogP contribution in [0, 0.1) is 6.92 Å². The van der Waals surface area contributed by atoms with Crippen molar-refractivity contribution in [3.63, 3.8) is 0 Å². The van der Waals surface area contributed by atoms with Gasteiger partial charge in [0.25, 0.3) is 10.1 Å². The van der Waals surface area contributed by atoms with Crippen LogP contribution in [0.1, 0.15) is 11.1 Å². The van der Waals surface area contributed by atoms with Gasteiger partial charge >= 0.3 is 0 Å². The molecule has 0 radical (unpaired) electrons. The van der Waals surface area contributed by atoms with E-state index >= 15 is 0 Å². The van der Waals surface area contributed by atoms with Gasteiger partial charge in [-0.2, -0.15) is 8.42 Å². The minimum Gasteiger partial charge on any atom is -0.489 e. The van der Waals surface area contributed by atoms with E-state index in [4.69, 9.17) is 8.92 Å². The van der Waals surface area contributed by atoms with Crippen molar-refractivity contribution >= 4 is 31.7 Å². The number of hydrogen-bond donors (Lipinski definition) is 0. The van der Waals surface area contributed by atoms with Crippen molar-refractivity contribution in [2.75, 3.05) is 51.3 Å². The van der Waals surface area contributed by atoms with Crippen molar-refractivity contribution in [3.05, 3.63) is 53.6 Å². The third-order valence-corrected chi connectivity index (χ3v) is 6.89. The Kier molecular flexibility index (Phi) is 7.56. The van der Waals surface area contributed by atoms with E-state index in [2.05, 4.69) is 44.9 Å². The molecular weight excluding hydrogens is 456 g/mol. The molecule has 0 bridgehead atoms. The molecular formula is C21H27BrN2O4S. The van der Waals surface area contributed by atoms with E-state index in [1.165, 1.54) is 0 Å². The summed E-state index contributed by atoms with van der Waals surface area (Å²) in [6, 6.07) is 12.8. The van der Waals surface area contributed by atoms with Crippen LogP contribution in [-0.4, -0.2) is 59.8 Å². The van der Waals surface area contributed by atoms with Crippen molar-refractivity contribution < 1.29 is 17.3 Å². The van der Waals surface area contributed by atoms with E-state index < -0.39 is 10.1 Å². The molecule has 1 saturated heterocycles. The fraction of sp³-hybridized carbons (Fsp3) is 0.429. The monoisotopic (exact) mass is 482 g/mol. The van der Waals surface area contributed by atoms with Gasteiger partial charge in [0.05, 0.1) is 10.6 Å². The van der Waals surface area contributed by atoms with Crippen LogP contribution in [0.15, 0.2) is 47.4 Å². The predicted octanol–water partition coefficient (Wildman–Crippen LogP) is 3.43. The van der Waals surface area contributed by atoms with Gasteiger partial charge in [-0.25, -0.2) is 0 Å². The second kappa shape index (κ2) is 9.93. The minimum atomic E-state index is -3.78. The van der Waals surface area contributed by atoms with Gasteiger partial charge in [-0.05, 0) is 43.8 Å². The van der Waals surface area contributed by atoms with Crippen molar-refractivity contribution in [1.29, 1.82) is 0 Å². The first-order valence-electron chi connectivity index (χ1n) is 9.60. The quantitative estimate of drug-likeness (QED) is 0.326. The molecule has 3 rings (SSSR count). The molecule has 1 heterocycles. The molecule has 0 aliphatic carbocycles. The molecule has 1 aliphatic rings. The number of likely N-dealkylation sites (N-methyl/N-ethyl adjacent to an activating group) is 1. The van der Waals surface area contributed by atoms with E-state index in [1.807, 2.05) is 13.0 Å². The third kappa shape index (κ3) is 5.94. The third-order valence-electron chi connectivity index (χ3n) is 4.91. The summed E-state index contributed by atoms with van der Waals surface area (Å²) in [5, 5.41) is 0.727. The van der Waals surface area contributed by atoms with Crippen LogP contribution in [0.5, 0.6) is 5.75 Å². The molecule has 0 amide bonds. The Labute approximate surface area is 181 Å². The number of nitrogens with zero attached hydrogens (tertiary/aromatic N) is 2. The molecule has 158 valence electrons. The molecule has 1 fully saturated rings. The highest BCUT2D eigenvalue weighted by Gasteiger charge is 2.19. The molecule has 0 aromatic heterocycles. The number of aryl methyl sites for hydroxylation is 1. The molecule has 0 N–H and O–H groups in total. The number of anilines is 1. The van der Waals surface area contributed by atoms with Gasteiger partial charge in [0.1, 0.15) is 19.0 Å². The molecule has 2 aromatic rings. The second-order valence-corrected chi connectivity index (χ2v) is 9.34. The van der Waals surface area contributed by atoms with Crippen molar-refractivity contribution in [2.24, 2.45) is 0 Å². The summed E-state index contributed by atoms with van der Waals surface area (Å²) in [5.41, 5.74) is 3.13. The van der Waals surface area contributed by atoms with Gasteiger partial charge < -0.3 is 14.5 Å². The van der Waals surface area contributed by atoms with Crippen LogP contribution >= 0.6 is 15.9 Å². The molecule has 6 nitrogen and oxygen atoms in total. The largest absolute Gasteiger partial charge is 0.489 e. The highest BCUT2D eigenvalue weighted by molar-refractivity contribution is 9.08. The highest BCUT2D eigenvalue weighted by Crippen LogP contribution is 2.31. The van der Waals surface area contributed by atoms with Crippen LogP contribution < -0.4 is 9.64 Å². The number of ether oxygens (including phenoxy) is 1. The lowest BCUT2D eigenvalue weighted by atomic mass is 10.1. The zero-order valence-corrected chi connectivity index (χ0v) is 19.2. The van der Waals surface area contributed by atoms with Gasteiger partial charge in [0.2, 0.25) is 0 Å². The maximum atomic E-state index is 12.3. The first kappa shape index (κ1) is 22.1. The Hall–Kier alpha value is -1.61. The number of alkyl halides is 1. The number of rotatable bonds is 8. The number of halogens is 1. The first-order valence-corrected chi connectivity index (χ1v) is 12.1. The summed E-state index contributed by atoms with van der Waals surface area (Å²) in [7, 11) is -1.66. The van der Waals surface area contributed by atoms with Crippen molar-refractivity contribution in [1.82, 2.24) is 4.90 Å². The maximum Gasteiger partial charge on any atom is 0.297 e. The fourth-order valence-electron chi connectivity index (χ4n) is 3.13. The average molecular weight is 483 g/mol. The lowest BCUT2D eigenvalue weighted by molar-refractivity contribution is 0.220. The smallest absolute Gasteiger partial charge is 0.297 e. The van der Waals surface area contributed by atoms with Crippen LogP contribution in [-0.2, 0) is 19.6 Å². The number of benzene rings is 2. The Bertz CT molecular complexity index is 911. The molecule has 29 heavy (non-hydrogen) atoms. The second-order valence-electron chi connectivity index (χ2n) is 7.16. The van der Waals surface area contributed by atoms with Crippen LogP contribution in [0.2, 0.25) is 0 Å². The Morgan fingerprint density at radius 1 is 1.00 bits per heavy atom. The molecule has 0 saturated carbocycles. The van der Waals surface area contributed by atoms with Crippen LogP contribution in [0.3, 0.4) is 0 Å². The number of piperazine rings is 1. The van der Waals surface area contributed by atoms with E-state index in [9.17, 15) is 8.42 Å². The lowest BCUT2D eigenvalue weighted by Crippen LogP contribution is -2.44. The zero-order chi connectivity index (χ0) is 20.9. The van der Waals surface area contributed by atoms with Gasteiger partial charge in [-0.3, -0.25) is 4.18 Å². The summed E-state index contributed by atoms with van der Waals surface area (Å²) in [6.07, 6.45) is 0.